The van der Waals surface area contributed by atoms with Crippen LogP contribution in [0.2, 0.25) is 5.02 Å². The van der Waals surface area contributed by atoms with Gasteiger partial charge in [0.2, 0.25) is 9.84 Å². The molecule has 0 bridgehead atoms. The summed E-state index contributed by atoms with van der Waals surface area (Å²) in [5.74, 6) is 0. The Morgan fingerprint density at radius 2 is 1.87 bits per heavy atom. The maximum Gasteiger partial charge on any atom is 0.218 e. The highest BCUT2D eigenvalue weighted by Gasteiger charge is 2.24. The van der Waals surface area contributed by atoms with Crippen LogP contribution < -0.4 is 4.90 Å². The summed E-state index contributed by atoms with van der Waals surface area (Å²) in [7, 11) is -3.86. The Morgan fingerprint density at radius 3 is 2.57 bits per heavy atom. The van der Waals surface area contributed by atoms with Gasteiger partial charge >= 0.3 is 0 Å². The molecule has 1 aliphatic rings. The van der Waals surface area contributed by atoms with Crippen LogP contribution in [0.3, 0.4) is 0 Å². The summed E-state index contributed by atoms with van der Waals surface area (Å²) < 4.78 is 25.2. The summed E-state index contributed by atoms with van der Waals surface area (Å²) in [6.07, 6.45) is 2.24. The van der Waals surface area contributed by atoms with Gasteiger partial charge in [-0.05, 0) is 42.3 Å². The van der Waals surface area contributed by atoms with E-state index in [-0.39, 0.29) is 9.80 Å². The summed E-state index contributed by atoms with van der Waals surface area (Å²) in [6, 6.07) is 15.4. The van der Waals surface area contributed by atoms with Crippen LogP contribution in [0.5, 0.6) is 0 Å². The first-order valence-electron chi connectivity index (χ1n) is 6.99. The predicted octanol–water partition coefficient (Wildman–Crippen LogP) is 3.54. The second-order valence-electron chi connectivity index (χ2n) is 5.13. The summed E-state index contributed by atoms with van der Waals surface area (Å²) >= 11 is 5.79. The molecule has 0 saturated carbocycles. The van der Waals surface area contributed by atoms with Gasteiger partial charge in [-0.3, -0.25) is 0 Å². The van der Waals surface area contributed by atoms with Gasteiger partial charge in [0.15, 0.2) is 4.91 Å². The average Bonchev–Trinajstić information content (AvgIpc) is 2.96. The standard InChI is InChI=1S/C17H13ClN2O2S/c18-14-5-7-15(8-6-14)23(21,22)16(11-19)12-20-10-9-13-3-1-2-4-17(13)20/h1-8,12H,9-10H2. The monoisotopic (exact) mass is 344 g/mol. The van der Waals surface area contributed by atoms with Crippen LogP contribution in [0.4, 0.5) is 5.69 Å². The first kappa shape index (κ1) is 15.6. The fourth-order valence-electron chi connectivity index (χ4n) is 2.54. The quantitative estimate of drug-likeness (QED) is 0.799. The minimum absolute atomic E-state index is 0.0576. The molecule has 2 aromatic carbocycles. The van der Waals surface area contributed by atoms with Gasteiger partial charge in [0.1, 0.15) is 6.07 Å². The third-order valence-corrected chi connectivity index (χ3v) is 5.64. The van der Waals surface area contributed by atoms with Crippen LogP contribution >= 0.6 is 11.6 Å². The molecule has 116 valence electrons. The molecule has 0 fully saturated rings. The van der Waals surface area contributed by atoms with Crippen molar-refractivity contribution in [3.8, 4) is 6.07 Å². The van der Waals surface area contributed by atoms with Gasteiger partial charge in [0, 0.05) is 23.5 Å². The molecule has 0 aromatic heterocycles. The molecule has 3 rings (SSSR count). The highest BCUT2D eigenvalue weighted by molar-refractivity contribution is 7.95. The van der Waals surface area contributed by atoms with E-state index in [0.29, 0.717) is 11.6 Å². The number of para-hydroxylation sites is 1. The van der Waals surface area contributed by atoms with Crippen molar-refractivity contribution in [2.45, 2.75) is 11.3 Å². The zero-order valence-corrected chi connectivity index (χ0v) is 13.7. The van der Waals surface area contributed by atoms with E-state index in [1.807, 2.05) is 30.3 Å². The fraction of sp³-hybridized carbons (Fsp3) is 0.118. The molecule has 1 heterocycles. The summed E-state index contributed by atoms with van der Waals surface area (Å²) in [5, 5.41) is 9.78. The smallest absolute Gasteiger partial charge is 0.218 e. The highest BCUT2D eigenvalue weighted by atomic mass is 35.5. The number of sulfone groups is 1. The van der Waals surface area contributed by atoms with Gasteiger partial charge < -0.3 is 4.90 Å². The predicted molar refractivity (Wildman–Crippen MR) is 89.8 cm³/mol. The first-order valence-corrected chi connectivity index (χ1v) is 8.85. The Morgan fingerprint density at radius 1 is 1.17 bits per heavy atom. The number of nitrogens with zero attached hydrogens (tertiary/aromatic N) is 2. The second-order valence-corrected chi connectivity index (χ2v) is 7.49. The minimum Gasteiger partial charge on any atom is -0.345 e. The van der Waals surface area contributed by atoms with Crippen molar-refractivity contribution in [2.24, 2.45) is 0 Å². The molecule has 0 unspecified atom stereocenters. The van der Waals surface area contributed by atoms with Crippen LogP contribution in [-0.4, -0.2) is 15.0 Å². The van der Waals surface area contributed by atoms with Gasteiger partial charge in [-0.15, -0.1) is 0 Å². The Labute approximate surface area is 140 Å². The molecule has 0 N–H and O–H groups in total. The van der Waals surface area contributed by atoms with Crippen molar-refractivity contribution in [3.63, 3.8) is 0 Å². The van der Waals surface area contributed by atoms with Gasteiger partial charge in [0.05, 0.1) is 4.90 Å². The Kier molecular flexibility index (Phi) is 4.12. The lowest BCUT2D eigenvalue weighted by molar-refractivity contribution is 0.603. The molecule has 6 heteroatoms. The number of fused-ring (bicyclic) bond motifs is 1. The van der Waals surface area contributed by atoms with Crippen molar-refractivity contribution in [1.82, 2.24) is 0 Å². The normalized spacial score (nSPS) is 14.4. The molecule has 4 nitrogen and oxygen atoms in total. The number of allylic oxidation sites excluding steroid dienone is 1. The molecular weight excluding hydrogens is 332 g/mol. The number of anilines is 1. The maximum atomic E-state index is 12.6. The Hall–Kier alpha value is -2.29. The molecule has 1 aliphatic heterocycles. The third kappa shape index (κ3) is 2.96. The van der Waals surface area contributed by atoms with Crippen LogP contribution in [0.25, 0.3) is 0 Å². The average molecular weight is 345 g/mol. The number of halogens is 1. The molecule has 23 heavy (non-hydrogen) atoms. The van der Waals surface area contributed by atoms with Crippen molar-refractivity contribution < 1.29 is 8.42 Å². The van der Waals surface area contributed by atoms with Crippen LogP contribution in [0, 0.1) is 11.3 Å². The summed E-state index contributed by atoms with van der Waals surface area (Å²) in [6.45, 7) is 0.653. The van der Waals surface area contributed by atoms with E-state index < -0.39 is 9.84 Å². The highest BCUT2D eigenvalue weighted by Crippen LogP contribution is 2.29. The summed E-state index contributed by atoms with van der Waals surface area (Å²) in [4.78, 5) is 1.58. The van der Waals surface area contributed by atoms with Gasteiger partial charge in [-0.2, -0.15) is 5.26 Å². The van der Waals surface area contributed by atoms with Crippen molar-refractivity contribution in [2.75, 3.05) is 11.4 Å². The third-order valence-electron chi connectivity index (χ3n) is 3.72. The van der Waals surface area contributed by atoms with E-state index in [0.717, 1.165) is 17.7 Å². The molecule has 0 spiro atoms. The molecule has 0 aliphatic carbocycles. The minimum atomic E-state index is -3.86. The Bertz CT molecular complexity index is 912. The van der Waals surface area contributed by atoms with E-state index >= 15 is 0 Å². The van der Waals surface area contributed by atoms with E-state index in [2.05, 4.69) is 0 Å². The van der Waals surface area contributed by atoms with Gasteiger partial charge in [-0.25, -0.2) is 8.42 Å². The van der Waals surface area contributed by atoms with Crippen molar-refractivity contribution in [1.29, 1.82) is 5.26 Å². The van der Waals surface area contributed by atoms with Gasteiger partial charge in [0.25, 0.3) is 0 Å². The van der Waals surface area contributed by atoms with E-state index in [9.17, 15) is 13.7 Å². The number of hydrogen-bond acceptors (Lipinski definition) is 4. The largest absolute Gasteiger partial charge is 0.345 e. The lowest BCUT2D eigenvalue weighted by Crippen LogP contribution is -2.15. The van der Waals surface area contributed by atoms with E-state index in [1.54, 1.807) is 4.90 Å². The van der Waals surface area contributed by atoms with Crippen LogP contribution in [-0.2, 0) is 16.3 Å². The van der Waals surface area contributed by atoms with Crippen LogP contribution in [0.15, 0.2) is 64.5 Å². The molecule has 0 radical (unpaired) electrons. The number of rotatable bonds is 3. The number of hydrogen-bond donors (Lipinski definition) is 0. The second kappa shape index (κ2) is 6.07. The van der Waals surface area contributed by atoms with E-state index in [4.69, 9.17) is 11.6 Å². The molecule has 0 saturated heterocycles. The topological polar surface area (TPSA) is 61.2 Å². The fourth-order valence-corrected chi connectivity index (χ4v) is 3.80. The zero-order valence-electron chi connectivity index (χ0n) is 12.1. The number of nitriles is 1. The van der Waals surface area contributed by atoms with Crippen molar-refractivity contribution >= 4 is 27.1 Å². The number of benzene rings is 2. The lowest BCUT2D eigenvalue weighted by Gasteiger charge is -2.14. The van der Waals surface area contributed by atoms with Crippen LogP contribution in [0.1, 0.15) is 5.56 Å². The Balaban J connectivity index is 2.00. The zero-order chi connectivity index (χ0) is 16.4. The first-order chi connectivity index (χ1) is 11.0. The molecular formula is C17H13ClN2O2S. The van der Waals surface area contributed by atoms with E-state index in [1.165, 1.54) is 30.5 Å². The summed E-state index contributed by atoms with van der Waals surface area (Å²) in [5.41, 5.74) is 2.08. The molecule has 0 amide bonds. The van der Waals surface area contributed by atoms with Gasteiger partial charge in [-0.1, -0.05) is 29.8 Å². The lowest BCUT2D eigenvalue weighted by atomic mass is 10.2. The maximum absolute atomic E-state index is 12.6. The SMILES string of the molecule is N#CC(=CN1CCc2ccccc21)S(=O)(=O)c1ccc(Cl)cc1. The molecule has 0 atom stereocenters. The molecule has 2 aromatic rings. The van der Waals surface area contributed by atoms with Crippen molar-refractivity contribution in [3.05, 3.63) is 70.2 Å².